The van der Waals surface area contributed by atoms with Gasteiger partial charge in [-0.05, 0) is 32.0 Å². The number of rotatable bonds is 5. The molecule has 1 aromatic rings. The minimum absolute atomic E-state index is 0.0499. The molecule has 0 aliphatic carbocycles. The van der Waals surface area contributed by atoms with Crippen molar-refractivity contribution in [1.29, 1.82) is 0 Å². The Morgan fingerprint density at radius 1 is 1.43 bits per heavy atom. The lowest BCUT2D eigenvalue weighted by Crippen LogP contribution is -2.37. The van der Waals surface area contributed by atoms with Crippen molar-refractivity contribution in [2.24, 2.45) is 0 Å². The van der Waals surface area contributed by atoms with Crippen LogP contribution in [0.15, 0.2) is 12.3 Å². The lowest BCUT2D eigenvalue weighted by Gasteiger charge is -2.26. The van der Waals surface area contributed by atoms with E-state index in [-0.39, 0.29) is 17.1 Å². The quantitative estimate of drug-likeness (QED) is 0.612. The first-order valence-electron chi connectivity index (χ1n) is 6.98. The van der Waals surface area contributed by atoms with Crippen LogP contribution < -0.4 is 11.1 Å². The van der Waals surface area contributed by atoms with E-state index >= 15 is 0 Å². The highest BCUT2D eigenvalue weighted by Crippen LogP contribution is 2.18. The molecule has 1 amide bonds. The molecule has 1 saturated heterocycles. The van der Waals surface area contributed by atoms with Crippen molar-refractivity contribution >= 4 is 17.4 Å². The molecule has 0 aromatic carbocycles. The largest absolute Gasteiger partial charge is 0.384 e. The standard InChI is InChI=1S/C13H19N5O3/c14-12-8-10(11(9-16-12)18(20)21)13(19)15-4-7-17-5-2-1-3-6-17/h8-9H,1-7H2,(H2,14,16)(H,15,19). The van der Waals surface area contributed by atoms with Gasteiger partial charge in [0.25, 0.3) is 11.6 Å². The summed E-state index contributed by atoms with van der Waals surface area (Å²) in [7, 11) is 0. The van der Waals surface area contributed by atoms with Gasteiger partial charge < -0.3 is 16.0 Å². The van der Waals surface area contributed by atoms with Gasteiger partial charge in [-0.3, -0.25) is 14.9 Å². The van der Waals surface area contributed by atoms with Gasteiger partial charge in [0.05, 0.1) is 4.92 Å². The molecule has 1 aliphatic heterocycles. The van der Waals surface area contributed by atoms with Crippen LogP contribution in [0.25, 0.3) is 0 Å². The summed E-state index contributed by atoms with van der Waals surface area (Å²) in [5.41, 5.74) is 5.11. The third kappa shape index (κ3) is 4.12. The number of hydrogen-bond acceptors (Lipinski definition) is 6. The fourth-order valence-electron chi connectivity index (χ4n) is 2.40. The maximum Gasteiger partial charge on any atom is 0.300 e. The Morgan fingerprint density at radius 2 is 2.14 bits per heavy atom. The molecule has 8 nitrogen and oxygen atoms in total. The molecular weight excluding hydrogens is 274 g/mol. The Balaban J connectivity index is 1.93. The zero-order valence-corrected chi connectivity index (χ0v) is 11.7. The predicted molar refractivity (Wildman–Crippen MR) is 77.9 cm³/mol. The molecule has 0 bridgehead atoms. The van der Waals surface area contributed by atoms with Crippen LogP contribution in [0.2, 0.25) is 0 Å². The van der Waals surface area contributed by atoms with E-state index in [9.17, 15) is 14.9 Å². The van der Waals surface area contributed by atoms with Crippen LogP contribution >= 0.6 is 0 Å². The molecule has 8 heteroatoms. The zero-order chi connectivity index (χ0) is 15.2. The Bertz CT molecular complexity index is 529. The van der Waals surface area contributed by atoms with Gasteiger partial charge in [-0.25, -0.2) is 4.98 Å². The summed E-state index contributed by atoms with van der Waals surface area (Å²) in [6.07, 6.45) is 4.63. The second kappa shape index (κ2) is 6.98. The number of nitrogens with zero attached hydrogens (tertiary/aromatic N) is 3. The summed E-state index contributed by atoms with van der Waals surface area (Å²) in [4.78, 5) is 28.2. The van der Waals surface area contributed by atoms with Crippen LogP contribution in [0.5, 0.6) is 0 Å². The summed E-state index contributed by atoms with van der Waals surface area (Å²) >= 11 is 0. The van der Waals surface area contributed by atoms with Gasteiger partial charge in [0, 0.05) is 13.1 Å². The highest BCUT2D eigenvalue weighted by molar-refractivity contribution is 5.98. The number of pyridine rings is 1. The molecule has 1 fully saturated rings. The number of aromatic nitrogens is 1. The van der Waals surface area contributed by atoms with E-state index in [2.05, 4.69) is 15.2 Å². The topological polar surface area (TPSA) is 114 Å². The molecule has 1 aliphatic rings. The average molecular weight is 293 g/mol. The molecule has 1 aromatic heterocycles. The summed E-state index contributed by atoms with van der Waals surface area (Å²) in [6, 6.07) is 1.23. The summed E-state index contributed by atoms with van der Waals surface area (Å²) in [5.74, 6) is -0.408. The fraction of sp³-hybridized carbons (Fsp3) is 0.538. The first-order valence-corrected chi connectivity index (χ1v) is 6.98. The number of carbonyl (C=O) groups excluding carboxylic acids is 1. The van der Waals surface area contributed by atoms with Crippen molar-refractivity contribution in [3.05, 3.63) is 27.9 Å². The Labute approximate surface area is 122 Å². The first-order chi connectivity index (χ1) is 10.1. The van der Waals surface area contributed by atoms with Crippen LogP contribution in [-0.4, -0.2) is 46.9 Å². The van der Waals surface area contributed by atoms with E-state index in [1.54, 1.807) is 0 Å². The van der Waals surface area contributed by atoms with Crippen LogP contribution in [0.3, 0.4) is 0 Å². The third-order valence-electron chi connectivity index (χ3n) is 3.51. The Kier molecular flexibility index (Phi) is 5.04. The number of nitrogens with one attached hydrogen (secondary N) is 1. The summed E-state index contributed by atoms with van der Waals surface area (Å²) in [6.45, 7) is 3.29. The summed E-state index contributed by atoms with van der Waals surface area (Å²) in [5, 5.41) is 13.6. The normalized spacial score (nSPS) is 15.6. The molecule has 0 saturated carbocycles. The number of nitrogen functional groups attached to an aromatic ring is 1. The lowest BCUT2D eigenvalue weighted by molar-refractivity contribution is -0.385. The molecule has 0 spiro atoms. The van der Waals surface area contributed by atoms with Crippen molar-refractivity contribution in [2.45, 2.75) is 19.3 Å². The average Bonchev–Trinajstić information content (AvgIpc) is 2.47. The van der Waals surface area contributed by atoms with Crippen LogP contribution in [0.1, 0.15) is 29.6 Å². The van der Waals surface area contributed by atoms with Gasteiger partial charge >= 0.3 is 0 Å². The molecule has 114 valence electrons. The number of nitrogens with two attached hydrogens (primary N) is 1. The smallest absolute Gasteiger partial charge is 0.300 e. The van der Waals surface area contributed by atoms with E-state index < -0.39 is 10.8 Å². The maximum absolute atomic E-state index is 12.0. The van der Waals surface area contributed by atoms with E-state index in [1.165, 1.54) is 25.3 Å². The number of likely N-dealkylation sites (tertiary alicyclic amines) is 1. The Morgan fingerprint density at radius 3 is 2.81 bits per heavy atom. The van der Waals surface area contributed by atoms with Crippen LogP contribution in [0.4, 0.5) is 11.5 Å². The van der Waals surface area contributed by atoms with E-state index in [4.69, 9.17) is 5.73 Å². The SMILES string of the molecule is Nc1cc(C(=O)NCCN2CCCCC2)c([N+](=O)[O-])cn1. The lowest BCUT2D eigenvalue weighted by atomic mass is 10.1. The zero-order valence-electron chi connectivity index (χ0n) is 11.7. The van der Waals surface area contributed by atoms with E-state index in [1.807, 2.05) is 0 Å². The van der Waals surface area contributed by atoms with Gasteiger partial charge in [-0.15, -0.1) is 0 Å². The highest BCUT2D eigenvalue weighted by atomic mass is 16.6. The number of amides is 1. The number of carbonyl (C=O) groups is 1. The fourth-order valence-corrected chi connectivity index (χ4v) is 2.40. The second-order valence-electron chi connectivity index (χ2n) is 5.04. The molecule has 21 heavy (non-hydrogen) atoms. The second-order valence-corrected chi connectivity index (χ2v) is 5.04. The molecule has 0 unspecified atom stereocenters. The number of hydrogen-bond donors (Lipinski definition) is 2. The molecular formula is C13H19N5O3. The van der Waals surface area contributed by atoms with E-state index in [0.29, 0.717) is 6.54 Å². The van der Waals surface area contributed by atoms with Crippen molar-refractivity contribution in [1.82, 2.24) is 15.2 Å². The van der Waals surface area contributed by atoms with Crippen LogP contribution in [0, 0.1) is 10.1 Å². The first kappa shape index (κ1) is 15.2. The Hall–Kier alpha value is -2.22. The van der Waals surface area contributed by atoms with Gasteiger partial charge in [0.2, 0.25) is 0 Å². The molecule has 0 atom stereocenters. The monoisotopic (exact) mass is 293 g/mol. The number of piperidine rings is 1. The molecule has 2 rings (SSSR count). The van der Waals surface area contributed by atoms with Crippen LogP contribution in [-0.2, 0) is 0 Å². The minimum Gasteiger partial charge on any atom is -0.384 e. The number of nitro groups is 1. The highest BCUT2D eigenvalue weighted by Gasteiger charge is 2.21. The van der Waals surface area contributed by atoms with Gasteiger partial charge in [0.1, 0.15) is 17.6 Å². The van der Waals surface area contributed by atoms with Crippen molar-refractivity contribution in [2.75, 3.05) is 31.9 Å². The third-order valence-corrected chi connectivity index (χ3v) is 3.51. The van der Waals surface area contributed by atoms with Crippen molar-refractivity contribution in [3.63, 3.8) is 0 Å². The van der Waals surface area contributed by atoms with Gasteiger partial charge in [-0.2, -0.15) is 0 Å². The van der Waals surface area contributed by atoms with E-state index in [0.717, 1.165) is 25.8 Å². The van der Waals surface area contributed by atoms with Gasteiger partial charge in [0.15, 0.2) is 0 Å². The predicted octanol–water partition coefficient (Wildman–Crippen LogP) is 0.788. The molecule has 0 radical (unpaired) electrons. The maximum atomic E-state index is 12.0. The minimum atomic E-state index is -0.633. The van der Waals surface area contributed by atoms with Crippen molar-refractivity contribution in [3.8, 4) is 0 Å². The van der Waals surface area contributed by atoms with Gasteiger partial charge in [-0.1, -0.05) is 6.42 Å². The molecule has 3 N–H and O–H groups in total. The number of anilines is 1. The molecule has 2 heterocycles. The summed E-state index contributed by atoms with van der Waals surface area (Å²) < 4.78 is 0. The van der Waals surface area contributed by atoms with Crippen molar-refractivity contribution < 1.29 is 9.72 Å².